The number of nitrogens with one attached hydrogen (secondary N) is 1. The Balaban J connectivity index is 2.25. The van der Waals surface area contributed by atoms with Gasteiger partial charge in [-0.25, -0.2) is 9.18 Å². The van der Waals surface area contributed by atoms with Gasteiger partial charge in [-0.05, 0) is 12.1 Å². The molecule has 1 unspecified atom stereocenters. The van der Waals surface area contributed by atoms with Gasteiger partial charge in [-0.15, -0.1) is 0 Å². The molecule has 1 aromatic carbocycles. The molecule has 0 aliphatic carbocycles. The highest BCUT2D eigenvalue weighted by Crippen LogP contribution is 2.33. The minimum atomic E-state index is -1.25. The molecule has 1 aliphatic heterocycles. The summed E-state index contributed by atoms with van der Waals surface area (Å²) in [6.45, 7) is 3.21. The van der Waals surface area contributed by atoms with Gasteiger partial charge >= 0.3 is 12.1 Å². The molecule has 0 bridgehead atoms. The van der Waals surface area contributed by atoms with Crippen molar-refractivity contribution >= 4 is 35.1 Å². The SMILES string of the molecule is CCC(=O)OC1(C)CC(c2cc(NC(=O)OC)c(F)cc2Cl)=NO1. The molecular formula is C15H16ClFN2O5. The standard InChI is InChI=1S/C15H16ClFN2O5/c1-4-13(20)23-15(2)7-12(19-24-15)8-5-11(18-14(21)22-3)10(17)6-9(8)16/h5-6H,4,7H2,1-3H3,(H,18,21). The quantitative estimate of drug-likeness (QED) is 0.833. The number of methoxy groups -OCH3 is 1. The Morgan fingerprint density at radius 2 is 2.21 bits per heavy atom. The first-order chi connectivity index (χ1) is 11.3. The van der Waals surface area contributed by atoms with Gasteiger partial charge in [-0.2, -0.15) is 0 Å². The fourth-order valence-electron chi connectivity index (χ4n) is 2.06. The average Bonchev–Trinajstić information content (AvgIpc) is 2.91. The Morgan fingerprint density at radius 1 is 1.50 bits per heavy atom. The number of carbonyl (C=O) groups excluding carboxylic acids is 2. The lowest BCUT2D eigenvalue weighted by molar-refractivity contribution is -0.212. The number of amides is 1. The summed E-state index contributed by atoms with van der Waals surface area (Å²) < 4.78 is 23.5. The fraction of sp³-hybridized carbons (Fsp3) is 0.400. The van der Waals surface area contributed by atoms with Crippen LogP contribution in [0.2, 0.25) is 5.02 Å². The number of esters is 1. The Hall–Kier alpha value is -2.35. The molecule has 24 heavy (non-hydrogen) atoms. The molecule has 1 N–H and O–H groups in total. The van der Waals surface area contributed by atoms with Crippen LogP contribution in [0, 0.1) is 5.82 Å². The van der Waals surface area contributed by atoms with Crippen LogP contribution in [0.15, 0.2) is 17.3 Å². The molecule has 7 nitrogen and oxygen atoms in total. The molecule has 1 aliphatic rings. The molecule has 1 amide bonds. The van der Waals surface area contributed by atoms with Crippen LogP contribution >= 0.6 is 11.6 Å². The zero-order valence-electron chi connectivity index (χ0n) is 13.3. The summed E-state index contributed by atoms with van der Waals surface area (Å²) in [4.78, 5) is 27.9. The van der Waals surface area contributed by atoms with Crippen LogP contribution in [-0.4, -0.2) is 30.7 Å². The zero-order chi connectivity index (χ0) is 17.9. The zero-order valence-corrected chi connectivity index (χ0v) is 14.1. The van der Waals surface area contributed by atoms with Gasteiger partial charge in [-0.3, -0.25) is 10.1 Å². The van der Waals surface area contributed by atoms with Crippen LogP contribution < -0.4 is 5.32 Å². The van der Waals surface area contributed by atoms with Crippen LogP contribution in [0.5, 0.6) is 0 Å². The number of hydrogen-bond donors (Lipinski definition) is 1. The van der Waals surface area contributed by atoms with E-state index >= 15 is 0 Å². The topological polar surface area (TPSA) is 86.2 Å². The molecule has 2 rings (SSSR count). The fourth-order valence-corrected chi connectivity index (χ4v) is 2.32. The van der Waals surface area contributed by atoms with E-state index in [1.165, 1.54) is 6.07 Å². The van der Waals surface area contributed by atoms with Gasteiger partial charge in [0.15, 0.2) is 0 Å². The van der Waals surface area contributed by atoms with Gasteiger partial charge in [-0.1, -0.05) is 23.7 Å². The van der Waals surface area contributed by atoms with E-state index in [-0.39, 0.29) is 23.6 Å². The van der Waals surface area contributed by atoms with Crippen LogP contribution in [0.25, 0.3) is 0 Å². The molecule has 0 fully saturated rings. The number of anilines is 1. The van der Waals surface area contributed by atoms with Crippen LogP contribution in [0.3, 0.4) is 0 Å². The maximum atomic E-state index is 13.9. The number of rotatable bonds is 4. The first-order valence-corrected chi connectivity index (χ1v) is 7.47. The highest BCUT2D eigenvalue weighted by molar-refractivity contribution is 6.34. The van der Waals surface area contributed by atoms with Gasteiger partial charge in [0.1, 0.15) is 5.82 Å². The molecule has 0 spiro atoms. The van der Waals surface area contributed by atoms with E-state index in [9.17, 15) is 14.0 Å². The first kappa shape index (κ1) is 18.0. The summed E-state index contributed by atoms with van der Waals surface area (Å²) in [5.74, 6) is -2.42. The van der Waals surface area contributed by atoms with Crippen molar-refractivity contribution < 1.29 is 28.3 Å². The lowest BCUT2D eigenvalue weighted by atomic mass is 10.0. The monoisotopic (exact) mass is 358 g/mol. The van der Waals surface area contributed by atoms with Gasteiger partial charge in [0.2, 0.25) is 0 Å². The van der Waals surface area contributed by atoms with E-state index in [0.29, 0.717) is 11.3 Å². The third-order valence-corrected chi connectivity index (χ3v) is 3.56. The number of hydrogen-bond acceptors (Lipinski definition) is 6. The molecule has 0 saturated carbocycles. The van der Waals surface area contributed by atoms with Crippen molar-refractivity contribution in [3.8, 4) is 0 Å². The van der Waals surface area contributed by atoms with E-state index in [1.54, 1.807) is 13.8 Å². The van der Waals surface area contributed by atoms with Crippen molar-refractivity contribution in [3.05, 3.63) is 28.5 Å². The Bertz CT molecular complexity index is 709. The molecule has 0 aromatic heterocycles. The van der Waals surface area contributed by atoms with Crippen LogP contribution in [0.1, 0.15) is 32.3 Å². The highest BCUT2D eigenvalue weighted by Gasteiger charge is 2.39. The summed E-state index contributed by atoms with van der Waals surface area (Å²) in [7, 11) is 1.16. The van der Waals surface area contributed by atoms with Gasteiger partial charge in [0.05, 0.1) is 30.0 Å². The van der Waals surface area contributed by atoms with Crippen molar-refractivity contribution in [1.29, 1.82) is 0 Å². The van der Waals surface area contributed by atoms with Crippen molar-refractivity contribution in [2.75, 3.05) is 12.4 Å². The number of ether oxygens (including phenoxy) is 2. The maximum Gasteiger partial charge on any atom is 0.411 e. The van der Waals surface area contributed by atoms with E-state index in [4.69, 9.17) is 21.2 Å². The molecule has 130 valence electrons. The number of oxime groups is 1. The van der Waals surface area contributed by atoms with Crippen LogP contribution in [-0.2, 0) is 19.1 Å². The lowest BCUT2D eigenvalue weighted by Gasteiger charge is -2.21. The maximum absolute atomic E-state index is 13.9. The second-order valence-electron chi connectivity index (χ2n) is 5.20. The normalized spacial score (nSPS) is 19.3. The second kappa shape index (κ2) is 7.04. The van der Waals surface area contributed by atoms with Crippen LogP contribution in [0.4, 0.5) is 14.9 Å². The van der Waals surface area contributed by atoms with Gasteiger partial charge in [0.25, 0.3) is 5.79 Å². The van der Waals surface area contributed by atoms with E-state index < -0.39 is 23.7 Å². The molecule has 1 atom stereocenters. The Kier molecular flexibility index (Phi) is 5.28. The third-order valence-electron chi connectivity index (χ3n) is 3.25. The molecule has 1 heterocycles. The Morgan fingerprint density at radius 3 is 2.83 bits per heavy atom. The smallest absolute Gasteiger partial charge is 0.411 e. The first-order valence-electron chi connectivity index (χ1n) is 7.09. The molecule has 0 saturated heterocycles. The minimum absolute atomic E-state index is 0.0799. The van der Waals surface area contributed by atoms with Gasteiger partial charge in [0, 0.05) is 18.9 Å². The Labute approximate surface area is 142 Å². The van der Waals surface area contributed by atoms with Crippen molar-refractivity contribution in [3.63, 3.8) is 0 Å². The van der Waals surface area contributed by atoms with E-state index in [0.717, 1.165) is 13.2 Å². The minimum Gasteiger partial charge on any atom is -0.453 e. The van der Waals surface area contributed by atoms with E-state index in [1.807, 2.05) is 0 Å². The number of carbonyl (C=O) groups is 2. The summed E-state index contributed by atoms with van der Waals surface area (Å²) in [5, 5.41) is 6.18. The molecule has 9 heteroatoms. The van der Waals surface area contributed by atoms with Crippen molar-refractivity contribution in [1.82, 2.24) is 0 Å². The number of benzene rings is 1. The predicted molar refractivity (Wildman–Crippen MR) is 84.5 cm³/mol. The highest BCUT2D eigenvalue weighted by atomic mass is 35.5. The lowest BCUT2D eigenvalue weighted by Crippen LogP contribution is -2.31. The van der Waals surface area contributed by atoms with E-state index in [2.05, 4.69) is 15.2 Å². The second-order valence-corrected chi connectivity index (χ2v) is 5.60. The van der Waals surface area contributed by atoms with Crippen molar-refractivity contribution in [2.24, 2.45) is 5.16 Å². The summed E-state index contributed by atoms with van der Waals surface area (Å²) >= 11 is 6.05. The third kappa shape index (κ3) is 3.94. The number of halogens is 2. The molecular weight excluding hydrogens is 343 g/mol. The average molecular weight is 359 g/mol. The largest absolute Gasteiger partial charge is 0.453 e. The molecule has 1 aromatic rings. The summed E-state index contributed by atoms with van der Waals surface area (Å²) in [5.41, 5.74) is 0.586. The number of nitrogens with zero attached hydrogens (tertiary/aromatic N) is 1. The summed E-state index contributed by atoms with van der Waals surface area (Å²) in [6.07, 6.45) is -0.505. The van der Waals surface area contributed by atoms with Crippen molar-refractivity contribution in [2.45, 2.75) is 32.5 Å². The predicted octanol–water partition coefficient (Wildman–Crippen LogP) is 3.45. The molecule has 0 radical (unpaired) electrons. The van der Waals surface area contributed by atoms with Gasteiger partial charge < -0.3 is 14.3 Å². The summed E-state index contributed by atoms with van der Waals surface area (Å²) in [6, 6.07) is 2.35.